The van der Waals surface area contributed by atoms with Crippen LogP contribution in [-0.4, -0.2) is 13.1 Å². The van der Waals surface area contributed by atoms with Crippen LogP contribution in [0.25, 0.3) is 6.08 Å². The van der Waals surface area contributed by atoms with Crippen molar-refractivity contribution >= 4 is 29.3 Å². The quantitative estimate of drug-likeness (QED) is 0.656. The number of nitrogen functional groups attached to an aromatic ring is 1. The highest BCUT2D eigenvalue weighted by Crippen LogP contribution is 2.23. The van der Waals surface area contributed by atoms with E-state index in [1.807, 2.05) is 0 Å². The molecule has 1 aromatic carbocycles. The molecule has 3 nitrogen and oxygen atoms in total. The molecule has 2 N–H and O–H groups in total. The van der Waals surface area contributed by atoms with Crippen LogP contribution in [0.3, 0.4) is 0 Å². The second-order valence-electron chi connectivity index (χ2n) is 3.08. The molecule has 0 spiro atoms. The van der Waals surface area contributed by atoms with Gasteiger partial charge in [0.05, 0.1) is 24.2 Å². The van der Waals surface area contributed by atoms with E-state index >= 15 is 0 Å². The third kappa shape index (κ3) is 3.24. The Morgan fingerprint density at radius 3 is 2.94 bits per heavy atom. The number of methoxy groups -OCH3 is 1. The van der Waals surface area contributed by atoms with Crippen LogP contribution in [-0.2, 0) is 9.53 Å². The predicted octanol–water partition coefficient (Wildman–Crippen LogP) is 2.64. The van der Waals surface area contributed by atoms with E-state index in [9.17, 15) is 9.18 Å². The Morgan fingerprint density at radius 2 is 2.31 bits per heavy atom. The SMILES string of the molecule is COC(=O)CC=Cc1cc(F)c(N)cc1Cl. The first-order chi connectivity index (χ1) is 7.54. The van der Waals surface area contributed by atoms with E-state index < -0.39 is 5.82 Å². The molecule has 86 valence electrons. The van der Waals surface area contributed by atoms with Gasteiger partial charge < -0.3 is 10.5 Å². The minimum absolute atomic E-state index is 0.00452. The first kappa shape index (κ1) is 12.5. The molecule has 0 aliphatic carbocycles. The molecule has 0 aliphatic heterocycles. The lowest BCUT2D eigenvalue weighted by atomic mass is 10.1. The van der Waals surface area contributed by atoms with E-state index in [0.29, 0.717) is 10.6 Å². The van der Waals surface area contributed by atoms with Gasteiger partial charge >= 0.3 is 5.97 Å². The molecule has 0 saturated carbocycles. The summed E-state index contributed by atoms with van der Waals surface area (Å²) in [5.74, 6) is -0.912. The molecule has 16 heavy (non-hydrogen) atoms. The van der Waals surface area contributed by atoms with Crippen molar-refractivity contribution in [1.29, 1.82) is 0 Å². The van der Waals surface area contributed by atoms with Gasteiger partial charge in [0, 0.05) is 0 Å². The molecule has 0 unspecified atom stereocenters. The number of carbonyl (C=O) groups is 1. The molecule has 5 heteroatoms. The van der Waals surface area contributed by atoms with Crippen LogP contribution in [0, 0.1) is 5.82 Å². The Hall–Kier alpha value is -1.55. The molecule has 1 rings (SSSR count). The van der Waals surface area contributed by atoms with Crippen LogP contribution in [0.4, 0.5) is 10.1 Å². The molecule has 0 heterocycles. The predicted molar refractivity (Wildman–Crippen MR) is 61.5 cm³/mol. The fraction of sp³-hybridized carbons (Fsp3) is 0.182. The van der Waals surface area contributed by atoms with E-state index in [1.165, 1.54) is 19.2 Å². The van der Waals surface area contributed by atoms with Gasteiger partial charge in [-0.1, -0.05) is 23.8 Å². The van der Waals surface area contributed by atoms with Crippen LogP contribution in [0.15, 0.2) is 18.2 Å². The highest BCUT2D eigenvalue weighted by atomic mass is 35.5. The third-order valence-corrected chi connectivity index (χ3v) is 2.25. The fourth-order valence-electron chi connectivity index (χ4n) is 1.07. The second kappa shape index (κ2) is 5.51. The van der Waals surface area contributed by atoms with Crippen molar-refractivity contribution < 1.29 is 13.9 Å². The van der Waals surface area contributed by atoms with E-state index in [-0.39, 0.29) is 18.1 Å². The van der Waals surface area contributed by atoms with Crippen LogP contribution in [0.1, 0.15) is 12.0 Å². The lowest BCUT2D eigenvalue weighted by molar-refractivity contribution is -0.139. The zero-order valence-corrected chi connectivity index (χ0v) is 9.42. The maximum absolute atomic E-state index is 13.1. The van der Waals surface area contributed by atoms with Crippen molar-refractivity contribution in [2.24, 2.45) is 0 Å². The number of benzene rings is 1. The third-order valence-electron chi connectivity index (χ3n) is 1.93. The molecule has 0 bridgehead atoms. The second-order valence-corrected chi connectivity index (χ2v) is 3.49. The summed E-state index contributed by atoms with van der Waals surface area (Å²) in [5.41, 5.74) is 5.80. The van der Waals surface area contributed by atoms with Gasteiger partial charge in [-0.3, -0.25) is 4.79 Å². The van der Waals surface area contributed by atoms with E-state index in [0.717, 1.165) is 0 Å². The zero-order chi connectivity index (χ0) is 12.1. The van der Waals surface area contributed by atoms with Gasteiger partial charge in [0.25, 0.3) is 0 Å². The summed E-state index contributed by atoms with van der Waals surface area (Å²) >= 11 is 5.84. The first-order valence-electron chi connectivity index (χ1n) is 4.52. The van der Waals surface area contributed by atoms with Crippen LogP contribution >= 0.6 is 11.6 Å². The van der Waals surface area contributed by atoms with Gasteiger partial charge in [0.2, 0.25) is 0 Å². The van der Waals surface area contributed by atoms with Crippen LogP contribution < -0.4 is 5.73 Å². The van der Waals surface area contributed by atoms with Crippen molar-refractivity contribution in [2.45, 2.75) is 6.42 Å². The van der Waals surface area contributed by atoms with Gasteiger partial charge in [-0.2, -0.15) is 0 Å². The largest absolute Gasteiger partial charge is 0.469 e. The number of hydrogen-bond donors (Lipinski definition) is 1. The number of nitrogens with two attached hydrogens (primary N) is 1. The molecule has 0 radical (unpaired) electrons. The fourth-order valence-corrected chi connectivity index (χ4v) is 1.31. The van der Waals surface area contributed by atoms with Crippen molar-refractivity contribution in [1.82, 2.24) is 0 Å². The molecular weight excluding hydrogens is 233 g/mol. The zero-order valence-electron chi connectivity index (χ0n) is 8.67. The summed E-state index contributed by atoms with van der Waals surface area (Å²) in [4.78, 5) is 10.8. The number of rotatable bonds is 3. The number of hydrogen-bond acceptors (Lipinski definition) is 3. The normalized spacial score (nSPS) is 10.7. The highest BCUT2D eigenvalue weighted by molar-refractivity contribution is 6.32. The molecule has 0 amide bonds. The van der Waals surface area contributed by atoms with Crippen molar-refractivity contribution in [3.8, 4) is 0 Å². The Balaban J connectivity index is 2.81. The lowest BCUT2D eigenvalue weighted by Gasteiger charge is -2.01. The summed E-state index contributed by atoms with van der Waals surface area (Å²) in [7, 11) is 1.30. The highest BCUT2D eigenvalue weighted by Gasteiger charge is 2.04. The maximum atomic E-state index is 13.1. The van der Waals surface area contributed by atoms with E-state index in [4.69, 9.17) is 17.3 Å². The first-order valence-corrected chi connectivity index (χ1v) is 4.90. The molecule has 0 saturated heterocycles. The van der Waals surface area contributed by atoms with E-state index in [1.54, 1.807) is 12.2 Å². The standard InChI is InChI=1S/C11H11ClFNO2/c1-16-11(15)4-2-3-7-5-9(13)10(14)6-8(7)12/h2-3,5-6H,4,14H2,1H3. The maximum Gasteiger partial charge on any atom is 0.309 e. The number of carbonyl (C=O) groups excluding carboxylic acids is 1. The number of halogens is 2. The summed E-state index contributed by atoms with van der Waals surface area (Å²) in [6, 6.07) is 2.54. The average Bonchev–Trinajstić information content (AvgIpc) is 2.25. The van der Waals surface area contributed by atoms with Crippen molar-refractivity contribution in [2.75, 3.05) is 12.8 Å². The summed E-state index contributed by atoms with van der Waals surface area (Å²) in [6.07, 6.45) is 3.20. The van der Waals surface area contributed by atoms with Gasteiger partial charge in [-0.15, -0.1) is 0 Å². The minimum Gasteiger partial charge on any atom is -0.469 e. The molecule has 0 atom stereocenters. The van der Waals surface area contributed by atoms with Crippen molar-refractivity contribution in [3.05, 3.63) is 34.6 Å². The summed E-state index contributed by atoms with van der Waals surface area (Å²) < 4.78 is 17.5. The van der Waals surface area contributed by atoms with Gasteiger partial charge in [-0.05, 0) is 17.7 Å². The smallest absolute Gasteiger partial charge is 0.309 e. The van der Waals surface area contributed by atoms with Gasteiger partial charge in [-0.25, -0.2) is 4.39 Å². The monoisotopic (exact) mass is 243 g/mol. The summed E-state index contributed by atoms with van der Waals surface area (Å²) in [5, 5.41) is 0.333. The van der Waals surface area contributed by atoms with Crippen molar-refractivity contribution in [3.63, 3.8) is 0 Å². The average molecular weight is 244 g/mol. The molecule has 0 aliphatic rings. The van der Waals surface area contributed by atoms with Gasteiger partial charge in [0.1, 0.15) is 5.82 Å². The number of esters is 1. The lowest BCUT2D eigenvalue weighted by Crippen LogP contribution is -1.96. The number of anilines is 1. The summed E-state index contributed by atoms with van der Waals surface area (Å²) in [6.45, 7) is 0. The number of ether oxygens (including phenoxy) is 1. The molecule has 0 fully saturated rings. The van der Waals surface area contributed by atoms with E-state index in [2.05, 4.69) is 4.74 Å². The molecule has 0 aromatic heterocycles. The Bertz CT molecular complexity index is 432. The minimum atomic E-state index is -0.540. The Labute approximate surface area is 97.7 Å². The topological polar surface area (TPSA) is 52.3 Å². The van der Waals surface area contributed by atoms with Crippen LogP contribution in [0.2, 0.25) is 5.02 Å². The molecular formula is C11H11ClFNO2. The molecule has 1 aromatic rings. The Morgan fingerprint density at radius 1 is 1.62 bits per heavy atom. The Kier molecular flexibility index (Phi) is 4.31. The van der Waals surface area contributed by atoms with Gasteiger partial charge in [0.15, 0.2) is 0 Å². The van der Waals surface area contributed by atoms with Crippen LogP contribution in [0.5, 0.6) is 0 Å².